The Labute approximate surface area is 135 Å². The van der Waals surface area contributed by atoms with E-state index < -0.39 is 6.10 Å². The molecular weight excluding hydrogens is 292 g/mol. The van der Waals surface area contributed by atoms with Crippen molar-refractivity contribution in [3.63, 3.8) is 0 Å². The molecule has 0 radical (unpaired) electrons. The van der Waals surface area contributed by atoms with Crippen LogP contribution in [0.2, 0.25) is 0 Å². The second kappa shape index (κ2) is 7.13. The Morgan fingerprint density at radius 3 is 2.70 bits per heavy atom. The van der Waals surface area contributed by atoms with Crippen LogP contribution in [0.25, 0.3) is 0 Å². The number of hydrogen-bond donors (Lipinski definition) is 0. The summed E-state index contributed by atoms with van der Waals surface area (Å²) < 4.78 is 11.4. The number of para-hydroxylation sites is 2. The predicted octanol–water partition coefficient (Wildman–Crippen LogP) is 2.31. The molecule has 0 N–H and O–H groups in total. The summed E-state index contributed by atoms with van der Waals surface area (Å²) in [5.74, 6) is 1.29. The normalized spacial score (nSPS) is 16.0. The van der Waals surface area contributed by atoms with E-state index in [9.17, 15) is 4.79 Å². The van der Waals surface area contributed by atoms with Crippen molar-refractivity contribution in [3.8, 4) is 11.5 Å². The molecule has 1 aliphatic heterocycles. The van der Waals surface area contributed by atoms with Gasteiger partial charge in [-0.25, -0.2) is 0 Å². The molecule has 1 aromatic heterocycles. The number of rotatable bonds is 5. The van der Waals surface area contributed by atoms with Crippen LogP contribution in [0, 0.1) is 0 Å². The molecule has 1 unspecified atom stereocenters. The van der Waals surface area contributed by atoms with E-state index >= 15 is 0 Å². The molecule has 120 valence electrons. The van der Waals surface area contributed by atoms with Crippen molar-refractivity contribution >= 4 is 5.91 Å². The molecule has 5 nitrogen and oxygen atoms in total. The average molecular weight is 312 g/mol. The van der Waals surface area contributed by atoms with Gasteiger partial charge in [-0.15, -0.1) is 0 Å². The Morgan fingerprint density at radius 2 is 1.96 bits per heavy atom. The molecule has 23 heavy (non-hydrogen) atoms. The van der Waals surface area contributed by atoms with Gasteiger partial charge in [0.2, 0.25) is 6.10 Å². The minimum absolute atomic E-state index is 0.0314. The SMILES string of the molecule is CCN(CCc1ccncc1)C(=O)C1COc2ccccc2O1. The van der Waals surface area contributed by atoms with Crippen molar-refractivity contribution in [2.75, 3.05) is 19.7 Å². The molecule has 5 heteroatoms. The average Bonchev–Trinajstić information content (AvgIpc) is 2.62. The number of ether oxygens (including phenoxy) is 2. The van der Waals surface area contributed by atoms with Crippen LogP contribution in [0.1, 0.15) is 12.5 Å². The van der Waals surface area contributed by atoms with E-state index in [1.807, 2.05) is 48.2 Å². The standard InChI is InChI=1S/C18H20N2O3/c1-2-20(12-9-14-7-10-19-11-8-14)18(21)17-13-22-15-5-3-4-6-16(15)23-17/h3-8,10-11,17H,2,9,12-13H2,1H3. The molecule has 0 spiro atoms. The van der Waals surface area contributed by atoms with E-state index in [4.69, 9.17) is 9.47 Å². The fourth-order valence-electron chi connectivity index (χ4n) is 2.58. The van der Waals surface area contributed by atoms with Crippen LogP contribution >= 0.6 is 0 Å². The van der Waals surface area contributed by atoms with E-state index in [-0.39, 0.29) is 12.5 Å². The number of aromatic nitrogens is 1. The van der Waals surface area contributed by atoms with Gasteiger partial charge in [0.15, 0.2) is 11.5 Å². The number of likely N-dealkylation sites (N-methyl/N-ethyl adjacent to an activating group) is 1. The predicted molar refractivity (Wildman–Crippen MR) is 86.5 cm³/mol. The zero-order valence-electron chi connectivity index (χ0n) is 13.1. The maximum atomic E-state index is 12.7. The lowest BCUT2D eigenvalue weighted by atomic mass is 10.2. The van der Waals surface area contributed by atoms with Crippen LogP contribution in [0.5, 0.6) is 11.5 Å². The molecule has 1 aromatic carbocycles. The largest absolute Gasteiger partial charge is 0.485 e. The highest BCUT2D eigenvalue weighted by Gasteiger charge is 2.30. The zero-order valence-corrected chi connectivity index (χ0v) is 13.1. The van der Waals surface area contributed by atoms with E-state index in [0.717, 1.165) is 12.0 Å². The van der Waals surface area contributed by atoms with Crippen molar-refractivity contribution in [1.82, 2.24) is 9.88 Å². The van der Waals surface area contributed by atoms with Crippen LogP contribution in [0.3, 0.4) is 0 Å². The maximum Gasteiger partial charge on any atom is 0.267 e. The Bertz CT molecular complexity index is 660. The molecule has 1 amide bonds. The highest BCUT2D eigenvalue weighted by Crippen LogP contribution is 2.31. The summed E-state index contributed by atoms with van der Waals surface area (Å²) in [5.41, 5.74) is 1.16. The number of carbonyl (C=O) groups is 1. The molecule has 2 heterocycles. The second-order valence-electron chi connectivity index (χ2n) is 5.39. The minimum atomic E-state index is -0.581. The summed E-state index contributed by atoms with van der Waals surface area (Å²) in [4.78, 5) is 18.5. The van der Waals surface area contributed by atoms with Gasteiger partial charge in [0.25, 0.3) is 5.91 Å². The summed E-state index contributed by atoms with van der Waals surface area (Å²) in [6.45, 7) is 3.52. The summed E-state index contributed by atoms with van der Waals surface area (Å²) >= 11 is 0. The Balaban J connectivity index is 1.62. The topological polar surface area (TPSA) is 51.7 Å². The molecular formula is C18H20N2O3. The molecule has 1 atom stereocenters. The molecule has 0 aliphatic carbocycles. The van der Waals surface area contributed by atoms with Gasteiger partial charge in [0.1, 0.15) is 6.61 Å². The van der Waals surface area contributed by atoms with Gasteiger partial charge >= 0.3 is 0 Å². The van der Waals surface area contributed by atoms with E-state index in [1.165, 1.54) is 0 Å². The molecule has 0 fully saturated rings. The summed E-state index contributed by atoms with van der Waals surface area (Å²) in [6.07, 6.45) is 3.75. The summed E-state index contributed by atoms with van der Waals surface area (Å²) in [7, 11) is 0. The zero-order chi connectivity index (χ0) is 16.1. The number of benzene rings is 1. The molecule has 2 aromatic rings. The van der Waals surface area contributed by atoms with Crippen molar-refractivity contribution < 1.29 is 14.3 Å². The third-order valence-electron chi connectivity index (χ3n) is 3.90. The third kappa shape index (κ3) is 3.62. The molecule has 3 rings (SSSR count). The van der Waals surface area contributed by atoms with Crippen LogP contribution < -0.4 is 9.47 Å². The van der Waals surface area contributed by atoms with Gasteiger partial charge in [0, 0.05) is 25.5 Å². The van der Waals surface area contributed by atoms with Crippen molar-refractivity contribution in [3.05, 3.63) is 54.4 Å². The number of carbonyl (C=O) groups excluding carboxylic acids is 1. The quantitative estimate of drug-likeness (QED) is 0.850. The lowest BCUT2D eigenvalue weighted by molar-refractivity contribution is -0.141. The fourth-order valence-corrected chi connectivity index (χ4v) is 2.58. The first-order chi connectivity index (χ1) is 11.3. The van der Waals surface area contributed by atoms with Gasteiger partial charge in [-0.2, -0.15) is 0 Å². The highest BCUT2D eigenvalue weighted by atomic mass is 16.6. The minimum Gasteiger partial charge on any atom is -0.485 e. The Hall–Kier alpha value is -2.56. The molecule has 0 bridgehead atoms. The van der Waals surface area contributed by atoms with Crippen LogP contribution in [-0.2, 0) is 11.2 Å². The van der Waals surface area contributed by atoms with E-state index in [2.05, 4.69) is 4.98 Å². The lowest BCUT2D eigenvalue weighted by Gasteiger charge is -2.30. The van der Waals surface area contributed by atoms with E-state index in [1.54, 1.807) is 12.4 Å². The first-order valence-corrected chi connectivity index (χ1v) is 7.84. The van der Waals surface area contributed by atoms with E-state index in [0.29, 0.717) is 24.6 Å². The number of fused-ring (bicyclic) bond motifs is 1. The van der Waals surface area contributed by atoms with Gasteiger partial charge in [-0.05, 0) is 43.2 Å². The van der Waals surface area contributed by atoms with Gasteiger partial charge in [-0.3, -0.25) is 9.78 Å². The smallest absolute Gasteiger partial charge is 0.267 e. The van der Waals surface area contributed by atoms with Crippen molar-refractivity contribution in [2.24, 2.45) is 0 Å². The number of pyridine rings is 1. The summed E-state index contributed by atoms with van der Waals surface area (Å²) in [5, 5.41) is 0. The maximum absolute atomic E-state index is 12.7. The number of hydrogen-bond acceptors (Lipinski definition) is 4. The van der Waals surface area contributed by atoms with Crippen molar-refractivity contribution in [2.45, 2.75) is 19.4 Å². The van der Waals surface area contributed by atoms with Crippen LogP contribution in [-0.4, -0.2) is 41.6 Å². The number of nitrogens with zero attached hydrogens (tertiary/aromatic N) is 2. The van der Waals surface area contributed by atoms with Crippen molar-refractivity contribution in [1.29, 1.82) is 0 Å². The van der Waals surface area contributed by atoms with Gasteiger partial charge in [0.05, 0.1) is 0 Å². The Kier molecular flexibility index (Phi) is 4.76. The van der Waals surface area contributed by atoms with Gasteiger partial charge in [-0.1, -0.05) is 12.1 Å². The first kappa shape index (κ1) is 15.3. The highest BCUT2D eigenvalue weighted by molar-refractivity contribution is 5.82. The third-order valence-corrected chi connectivity index (χ3v) is 3.90. The molecule has 1 aliphatic rings. The van der Waals surface area contributed by atoms with Crippen LogP contribution in [0.4, 0.5) is 0 Å². The van der Waals surface area contributed by atoms with Gasteiger partial charge < -0.3 is 14.4 Å². The molecule has 0 saturated carbocycles. The first-order valence-electron chi connectivity index (χ1n) is 7.84. The lowest BCUT2D eigenvalue weighted by Crippen LogP contribution is -2.47. The number of amides is 1. The molecule has 0 saturated heterocycles. The Morgan fingerprint density at radius 1 is 1.22 bits per heavy atom. The fraction of sp³-hybridized carbons (Fsp3) is 0.333. The monoisotopic (exact) mass is 312 g/mol. The summed E-state index contributed by atoms with van der Waals surface area (Å²) in [6, 6.07) is 11.4. The van der Waals surface area contributed by atoms with Crippen LogP contribution in [0.15, 0.2) is 48.8 Å². The second-order valence-corrected chi connectivity index (χ2v) is 5.39.